The van der Waals surface area contributed by atoms with E-state index >= 15 is 0 Å². The number of aromatic nitrogens is 2. The zero-order valence-electron chi connectivity index (χ0n) is 79.4. The van der Waals surface area contributed by atoms with Gasteiger partial charge in [0.25, 0.3) is 6.71 Å². The summed E-state index contributed by atoms with van der Waals surface area (Å²) in [6.45, 7) is 17.3. The van der Waals surface area contributed by atoms with Gasteiger partial charge in [-0.2, -0.15) is 0 Å². The third-order valence-corrected chi connectivity index (χ3v) is 20.4. The van der Waals surface area contributed by atoms with E-state index in [1.807, 2.05) is 175 Å². The largest absolute Gasteiger partial charge is 0.456 e. The predicted molar refractivity (Wildman–Crippen MR) is 434 cm³/mol. The lowest BCUT2D eigenvalue weighted by molar-refractivity contribution is 0.590. The Hall–Kier alpha value is -11.9. The van der Waals surface area contributed by atoms with Crippen LogP contribution in [0.2, 0.25) is 0 Å². The number of rotatable bonds is 8. The van der Waals surface area contributed by atoms with Crippen LogP contribution in [0.3, 0.4) is 0 Å². The van der Waals surface area contributed by atoms with Crippen LogP contribution < -0.4 is 26.2 Å². The van der Waals surface area contributed by atoms with Gasteiger partial charge in [0.1, 0.15) is 11.2 Å². The number of benzene rings is 14. The molecule has 0 radical (unpaired) electrons. The third-order valence-electron chi connectivity index (χ3n) is 20.4. The molecule has 19 rings (SSSR count). The van der Waals surface area contributed by atoms with Gasteiger partial charge in [-0.3, -0.25) is 0 Å². The lowest BCUT2D eigenvalue weighted by atomic mass is 9.33. The van der Waals surface area contributed by atoms with Crippen LogP contribution in [-0.2, 0) is 16.2 Å². The van der Waals surface area contributed by atoms with Crippen molar-refractivity contribution in [3.8, 4) is 55.9 Å². The van der Waals surface area contributed by atoms with Crippen LogP contribution in [-0.4, -0.2) is 15.8 Å². The minimum absolute atomic E-state index is 0.168. The molecule has 0 saturated carbocycles. The molecular formula is C96H77BN4O. The van der Waals surface area contributed by atoms with E-state index in [2.05, 4.69) is 62.3 Å². The van der Waals surface area contributed by atoms with Gasteiger partial charge >= 0.3 is 0 Å². The summed E-state index contributed by atoms with van der Waals surface area (Å²) >= 11 is 0. The minimum atomic E-state index is -1.66. The molecule has 0 saturated heterocycles. The molecule has 17 aromatic rings. The van der Waals surface area contributed by atoms with Crippen molar-refractivity contribution in [2.24, 2.45) is 0 Å². The average molecular weight is 1340 g/mol. The van der Waals surface area contributed by atoms with E-state index in [0.29, 0.717) is 72.5 Å². The summed E-state index contributed by atoms with van der Waals surface area (Å²) in [5.41, 5.74) is 5.92. The van der Waals surface area contributed by atoms with Crippen molar-refractivity contribution in [2.45, 2.75) is 78.6 Å². The zero-order valence-corrected chi connectivity index (χ0v) is 57.4. The van der Waals surface area contributed by atoms with Crippen LogP contribution in [0.1, 0.15) is 109 Å². The summed E-state index contributed by atoms with van der Waals surface area (Å²) in [5.74, 6) is 0. The van der Waals surface area contributed by atoms with Crippen molar-refractivity contribution in [2.75, 3.05) is 9.80 Å². The van der Waals surface area contributed by atoms with E-state index in [9.17, 15) is 24.7 Å². The molecule has 102 heavy (non-hydrogen) atoms. The summed E-state index contributed by atoms with van der Waals surface area (Å²) < 4.78 is 228. The molecule has 5 heterocycles. The molecule has 0 amide bonds. The molecular weight excluding hydrogens is 1240 g/mol. The quantitative estimate of drug-likeness (QED) is 0.142. The Labute approximate surface area is 627 Å². The average Bonchev–Trinajstić information content (AvgIpc) is 0.777. The standard InChI is InChI=1S/C96H77BN4O/c1-94(2,3)65-44-37-60(38-45-65)70-23-10-16-31-81(70)100-86-58-68(98-82-32-17-11-24-73(82)74-25-12-18-33-83(74)98)50-52-79(86)97-80-53-51-69(99-84-34-19-13-26-75(84)76-27-14-20-35-85(76)99)59-87(80)101(89-57-64(56-88(100)92(89)97)63-43-54-91-78(55-63)77-28-15-21-36-90(77)102-91)93-71(61-39-46-66(47-40-61)95(4,5)6)29-22-30-72(93)62-41-48-67(49-42-62)96(7,8)9/h10-59H,1-9H3/i11D,12D,13D,14D,17D,18D,19D,20D,24D,25D,26D,27D,32D,33D,34D,35D,50D,51D,52D,53D,58D,59D. The highest BCUT2D eigenvalue weighted by atomic mass is 16.3. The Balaban J connectivity index is 1.07. The summed E-state index contributed by atoms with van der Waals surface area (Å²) in [7, 11) is 0. The van der Waals surface area contributed by atoms with Crippen LogP contribution in [0, 0.1) is 0 Å². The maximum Gasteiger partial charge on any atom is 0.252 e. The number of furan rings is 1. The molecule has 3 aromatic heterocycles. The first-order chi connectivity index (χ1) is 58.7. The third kappa shape index (κ3) is 9.67. The molecule has 0 spiro atoms. The Morgan fingerprint density at radius 3 is 1.21 bits per heavy atom. The Bertz CT molecular complexity index is 7410. The molecule has 0 fully saturated rings. The zero-order chi connectivity index (χ0) is 88.2. The summed E-state index contributed by atoms with van der Waals surface area (Å²) in [4.78, 5) is 3.67. The molecule has 5 nitrogen and oxygen atoms in total. The predicted octanol–water partition coefficient (Wildman–Crippen LogP) is 24.4. The summed E-state index contributed by atoms with van der Waals surface area (Å²) in [6, 6.07) is 38.7. The first-order valence-electron chi connectivity index (χ1n) is 45.2. The van der Waals surface area contributed by atoms with E-state index < -0.39 is 173 Å². The van der Waals surface area contributed by atoms with Gasteiger partial charge < -0.3 is 23.4 Å². The first kappa shape index (κ1) is 42.3. The summed E-state index contributed by atoms with van der Waals surface area (Å²) in [5, 5.41) is 0.0732. The number of fused-ring (bicyclic) bond motifs is 13. The van der Waals surface area contributed by atoms with E-state index in [4.69, 9.17) is 9.90 Å². The van der Waals surface area contributed by atoms with Gasteiger partial charge in [0.05, 0.1) is 63.6 Å². The molecule has 0 unspecified atom stereocenters. The second kappa shape index (κ2) is 22.8. The van der Waals surface area contributed by atoms with Crippen LogP contribution in [0.15, 0.2) is 307 Å². The van der Waals surface area contributed by atoms with Gasteiger partial charge in [0.15, 0.2) is 0 Å². The lowest BCUT2D eigenvalue weighted by Gasteiger charge is -2.45. The fraction of sp³-hybridized carbons (Fsp3) is 0.125. The van der Waals surface area contributed by atoms with E-state index in [1.165, 1.54) is 0 Å². The van der Waals surface area contributed by atoms with E-state index in [1.54, 1.807) is 4.90 Å². The SMILES string of the molecule is [2H]c1c([2H])c(-n2c3c([2H])c([2H])c([2H])c([2H])c3c3c([2H])c([2H])c([2H])c([2H])c32)c([2H])c2c1B1c3c(cc(-c4ccc5oc6ccccc6c5c4)cc3N(c3c(-c4ccc(C(C)(C)C)cc4)cccc3-c3ccc(C(C)(C)C)cc3)c3c([2H])c(-n4c5c([2H])c([2H])c([2H])c([2H])c5c5c([2H])c([2H])c([2H])c([2H])c54)c([2H])c([2H])c31)N2c1ccccc1-c1ccc(C(C)(C)C)cc1. The van der Waals surface area contributed by atoms with Crippen LogP contribution >= 0.6 is 0 Å². The second-order valence-corrected chi connectivity index (χ2v) is 29.6. The normalized spacial score (nSPS) is 16.1. The molecule has 0 bridgehead atoms. The number of anilines is 6. The molecule has 490 valence electrons. The molecule has 0 aliphatic carbocycles. The second-order valence-electron chi connectivity index (χ2n) is 29.6. The van der Waals surface area contributed by atoms with Gasteiger partial charge in [0.2, 0.25) is 0 Å². The van der Waals surface area contributed by atoms with Crippen molar-refractivity contribution in [3.05, 3.63) is 319 Å². The van der Waals surface area contributed by atoms with Crippen molar-refractivity contribution >= 4 is 123 Å². The van der Waals surface area contributed by atoms with Crippen LogP contribution in [0.5, 0.6) is 0 Å². The number of hydrogen-bond donors (Lipinski definition) is 0. The van der Waals surface area contributed by atoms with Gasteiger partial charge in [-0.25, -0.2) is 0 Å². The van der Waals surface area contributed by atoms with Gasteiger partial charge in [-0.15, -0.1) is 0 Å². The van der Waals surface area contributed by atoms with Crippen molar-refractivity contribution in [1.82, 2.24) is 9.13 Å². The smallest absolute Gasteiger partial charge is 0.252 e. The van der Waals surface area contributed by atoms with Gasteiger partial charge in [-0.05, 0) is 162 Å². The fourth-order valence-electron chi connectivity index (χ4n) is 15.2. The fourth-order valence-corrected chi connectivity index (χ4v) is 15.2. The molecule has 14 aromatic carbocycles. The number of nitrogens with zero attached hydrogens (tertiary/aromatic N) is 4. The highest BCUT2D eigenvalue weighted by Crippen LogP contribution is 2.54. The summed E-state index contributed by atoms with van der Waals surface area (Å²) in [6.07, 6.45) is 0. The number of para-hydroxylation sites is 7. The van der Waals surface area contributed by atoms with E-state index in [-0.39, 0.29) is 71.5 Å². The Morgan fingerprint density at radius 1 is 0.314 bits per heavy atom. The Morgan fingerprint density at radius 2 is 0.716 bits per heavy atom. The van der Waals surface area contributed by atoms with Gasteiger partial charge in [0, 0.05) is 83.1 Å². The first-order valence-corrected chi connectivity index (χ1v) is 34.2. The van der Waals surface area contributed by atoms with Gasteiger partial charge in [-0.1, -0.05) is 280 Å². The molecule has 2 aliphatic rings. The van der Waals surface area contributed by atoms with E-state index in [0.717, 1.165) is 36.6 Å². The van der Waals surface area contributed by atoms with Crippen LogP contribution in [0.4, 0.5) is 34.1 Å². The Kier molecular flexibility index (Phi) is 9.47. The molecule has 0 N–H and O–H groups in total. The highest BCUT2D eigenvalue weighted by molar-refractivity contribution is 7.00. The maximum absolute atomic E-state index is 11.8. The van der Waals surface area contributed by atoms with Crippen molar-refractivity contribution in [3.63, 3.8) is 0 Å². The van der Waals surface area contributed by atoms with Crippen molar-refractivity contribution in [1.29, 1.82) is 0 Å². The molecule has 2 aliphatic heterocycles. The highest BCUT2D eigenvalue weighted by Gasteiger charge is 2.46. The van der Waals surface area contributed by atoms with Crippen molar-refractivity contribution < 1.29 is 34.6 Å². The van der Waals surface area contributed by atoms with Crippen LogP contribution in [0.25, 0.3) is 121 Å². The molecule has 0 atom stereocenters. The topological polar surface area (TPSA) is 29.5 Å². The maximum atomic E-state index is 11.8. The minimum Gasteiger partial charge on any atom is -0.456 e. The molecule has 6 heteroatoms. The monoisotopic (exact) mass is 1330 g/mol. The number of hydrogen-bond acceptors (Lipinski definition) is 3. The lowest BCUT2D eigenvalue weighted by Crippen LogP contribution is -2.61.